The first-order valence-corrected chi connectivity index (χ1v) is 2.74. The summed E-state index contributed by atoms with van der Waals surface area (Å²) in [5.74, 6) is 0. The molecule has 9 heteroatoms. The van der Waals surface area contributed by atoms with Crippen LogP contribution in [0.3, 0.4) is 0 Å². The Bertz CT molecular complexity index is 192. The van der Waals surface area contributed by atoms with Crippen molar-refractivity contribution in [3.63, 3.8) is 0 Å². The lowest BCUT2D eigenvalue weighted by atomic mass is 10.3. The lowest BCUT2D eigenvalue weighted by molar-refractivity contribution is 0.368. The van der Waals surface area contributed by atoms with Crippen molar-refractivity contribution in [3.05, 3.63) is 4.85 Å². The van der Waals surface area contributed by atoms with Crippen molar-refractivity contribution in [2.24, 2.45) is 0 Å². The number of nitrogens with one attached hydrogen (secondary N) is 1. The van der Waals surface area contributed by atoms with Gasteiger partial charge in [0.1, 0.15) is 6.07 Å². The molecule has 0 atom stereocenters. The van der Waals surface area contributed by atoms with E-state index in [-0.39, 0.29) is 6.54 Å². The summed E-state index contributed by atoms with van der Waals surface area (Å²) in [6.07, 6.45) is 2.40. The molecule has 0 aliphatic rings. The van der Waals surface area contributed by atoms with Crippen LogP contribution in [0.4, 0.5) is 17.3 Å². The van der Waals surface area contributed by atoms with E-state index in [1.807, 2.05) is 6.07 Å². The average Bonchev–Trinajstić information content (AvgIpc) is 1.85. The topological polar surface area (TPSA) is 40.2 Å². The fourth-order valence-electron chi connectivity index (χ4n) is 0.154. The van der Waals surface area contributed by atoms with Gasteiger partial charge in [-0.1, -0.05) is 0 Å². The number of nitrogens with zero attached hydrogens (tertiary/aromatic N) is 2. The molecule has 0 aliphatic carbocycles. The molecule has 0 heterocycles. The molecular weight excluding hydrogens is 176 g/mol. The SMILES string of the molecule is BNC#[N+]CC#N.F[B-](F)(F)F. The van der Waals surface area contributed by atoms with Crippen molar-refractivity contribution in [3.8, 4) is 12.3 Å². The molecular formula is C3H5B2F4N3. The number of hydrogen-bond acceptors (Lipinski definition) is 2. The summed E-state index contributed by atoms with van der Waals surface area (Å²) < 4.78 is 39.0. The third-order valence-corrected chi connectivity index (χ3v) is 0.341. The van der Waals surface area contributed by atoms with Crippen LogP contribution in [-0.2, 0) is 0 Å². The van der Waals surface area contributed by atoms with E-state index in [1.165, 1.54) is 0 Å². The van der Waals surface area contributed by atoms with E-state index >= 15 is 0 Å². The third-order valence-electron chi connectivity index (χ3n) is 0.341. The van der Waals surface area contributed by atoms with Crippen LogP contribution in [0, 0.1) is 17.5 Å². The minimum Gasteiger partial charge on any atom is -0.418 e. The first kappa shape index (κ1) is 13.2. The summed E-state index contributed by atoms with van der Waals surface area (Å²) in [5.41, 5.74) is 0. The minimum atomic E-state index is -6.00. The van der Waals surface area contributed by atoms with Crippen LogP contribution >= 0.6 is 0 Å². The van der Waals surface area contributed by atoms with Crippen LogP contribution in [-0.4, -0.2) is 21.8 Å². The van der Waals surface area contributed by atoms with Gasteiger partial charge in [0, 0.05) is 0 Å². The summed E-state index contributed by atoms with van der Waals surface area (Å²) in [6.45, 7) is 0.181. The maximum atomic E-state index is 9.75. The second-order valence-corrected chi connectivity index (χ2v) is 1.33. The monoisotopic (exact) mass is 181 g/mol. The Kier molecular flexibility index (Phi) is 8.53. The maximum absolute atomic E-state index is 9.75. The normalized spacial score (nSPS) is 7.92. The molecule has 1 N–H and O–H groups in total. The largest absolute Gasteiger partial charge is 0.673 e. The molecule has 0 aromatic carbocycles. The Hall–Kier alpha value is -1.37. The van der Waals surface area contributed by atoms with Crippen molar-refractivity contribution in [2.75, 3.05) is 6.54 Å². The smallest absolute Gasteiger partial charge is 0.418 e. The molecule has 0 radical (unpaired) electrons. The van der Waals surface area contributed by atoms with E-state index in [0.717, 1.165) is 0 Å². The fourth-order valence-corrected chi connectivity index (χ4v) is 0.154. The Labute approximate surface area is 67.7 Å². The number of hydrogen-bond donors (Lipinski definition) is 1. The summed E-state index contributed by atoms with van der Waals surface area (Å²) in [6, 6.07) is 1.83. The minimum absolute atomic E-state index is 0.181. The van der Waals surface area contributed by atoms with Crippen molar-refractivity contribution < 1.29 is 17.3 Å². The number of nitriles is 1. The van der Waals surface area contributed by atoms with Crippen molar-refractivity contribution >= 4 is 15.2 Å². The van der Waals surface area contributed by atoms with Gasteiger partial charge in [-0.2, -0.15) is 10.1 Å². The van der Waals surface area contributed by atoms with Gasteiger partial charge >= 0.3 is 21.4 Å². The third kappa shape index (κ3) is 72.6. The highest BCUT2D eigenvalue weighted by Crippen LogP contribution is 2.06. The zero-order valence-electron chi connectivity index (χ0n) is 6.19. The molecule has 0 bridgehead atoms. The number of rotatable bonds is 0. The van der Waals surface area contributed by atoms with Crippen LogP contribution in [0.25, 0.3) is 4.85 Å². The summed E-state index contributed by atoms with van der Waals surface area (Å²) in [7, 11) is -4.32. The highest BCUT2D eigenvalue weighted by atomic mass is 19.5. The van der Waals surface area contributed by atoms with Crippen LogP contribution in [0.15, 0.2) is 0 Å². The van der Waals surface area contributed by atoms with Crippen LogP contribution in [0.5, 0.6) is 0 Å². The van der Waals surface area contributed by atoms with E-state index in [1.54, 1.807) is 7.98 Å². The van der Waals surface area contributed by atoms with E-state index in [9.17, 15) is 17.3 Å². The molecule has 12 heavy (non-hydrogen) atoms. The van der Waals surface area contributed by atoms with Gasteiger partial charge in [-0.15, -0.1) is 0 Å². The molecule has 0 fully saturated rings. The highest BCUT2D eigenvalue weighted by molar-refractivity contribution is 6.50. The second kappa shape index (κ2) is 7.73. The molecule has 0 unspecified atom stereocenters. The van der Waals surface area contributed by atoms with Gasteiger partial charge in [0.15, 0.2) is 0 Å². The van der Waals surface area contributed by atoms with Gasteiger partial charge in [-0.25, -0.2) is 0 Å². The van der Waals surface area contributed by atoms with E-state index < -0.39 is 7.25 Å². The van der Waals surface area contributed by atoms with Gasteiger partial charge in [0.25, 0.3) is 6.54 Å². The molecule has 0 spiro atoms. The van der Waals surface area contributed by atoms with Crippen LogP contribution in [0.2, 0.25) is 0 Å². The Balaban J connectivity index is 0. The molecule has 0 saturated heterocycles. The van der Waals surface area contributed by atoms with Crippen LogP contribution < -0.4 is 5.23 Å². The molecule has 0 aromatic heterocycles. The summed E-state index contributed by atoms with van der Waals surface area (Å²) in [5, 5.41) is 10.4. The van der Waals surface area contributed by atoms with Crippen molar-refractivity contribution in [2.45, 2.75) is 0 Å². The molecule has 0 saturated carbocycles. The van der Waals surface area contributed by atoms with E-state index in [4.69, 9.17) is 5.26 Å². The van der Waals surface area contributed by atoms with Gasteiger partial charge in [0.2, 0.25) is 0 Å². The van der Waals surface area contributed by atoms with E-state index in [0.29, 0.717) is 0 Å². The van der Waals surface area contributed by atoms with Gasteiger partial charge in [-0.3, -0.25) is 5.23 Å². The molecule has 0 aliphatic heterocycles. The Morgan fingerprint density at radius 2 is 1.83 bits per heavy atom. The quantitative estimate of drug-likeness (QED) is 0.191. The zero-order valence-corrected chi connectivity index (χ0v) is 6.19. The van der Waals surface area contributed by atoms with Crippen molar-refractivity contribution in [1.82, 2.24) is 5.23 Å². The highest BCUT2D eigenvalue weighted by Gasteiger charge is 2.20. The molecule has 66 valence electrons. The molecule has 0 aromatic rings. The van der Waals surface area contributed by atoms with E-state index in [2.05, 4.69) is 16.3 Å². The Morgan fingerprint density at radius 1 is 1.42 bits per heavy atom. The predicted molar refractivity (Wildman–Crippen MR) is 39.6 cm³/mol. The first-order chi connectivity index (χ1) is 5.41. The standard InChI is InChI=1S/C3H4BN3.BF4/c4-7-3-6-2-1-5;2-1(3,4)5/h2,4H2;/q;-1/p+1. The molecule has 0 amide bonds. The fraction of sp³-hybridized carbons (Fsp3) is 0.333. The van der Waals surface area contributed by atoms with Crippen LogP contribution in [0.1, 0.15) is 0 Å². The lowest BCUT2D eigenvalue weighted by Crippen LogP contribution is -2.02. The average molecular weight is 181 g/mol. The summed E-state index contributed by atoms with van der Waals surface area (Å²) in [4.78, 5) is 3.49. The van der Waals surface area contributed by atoms with Gasteiger partial charge < -0.3 is 17.3 Å². The molecule has 0 rings (SSSR count). The van der Waals surface area contributed by atoms with Gasteiger partial charge in [0.05, 0.1) is 0 Å². The lowest BCUT2D eigenvalue weighted by Gasteiger charge is -1.94. The number of halogens is 4. The van der Waals surface area contributed by atoms with Crippen molar-refractivity contribution in [1.29, 1.82) is 5.26 Å². The molecule has 3 nitrogen and oxygen atoms in total. The Morgan fingerprint density at radius 3 is 2.08 bits per heavy atom. The first-order valence-electron chi connectivity index (χ1n) is 2.74. The van der Waals surface area contributed by atoms with Gasteiger partial charge in [-0.05, 0) is 0 Å². The zero-order chi connectivity index (χ0) is 10.0. The second-order valence-electron chi connectivity index (χ2n) is 1.33. The summed E-state index contributed by atoms with van der Waals surface area (Å²) >= 11 is 0. The predicted octanol–water partition coefficient (Wildman–Crippen LogP) is 0.238. The maximum Gasteiger partial charge on any atom is 0.673 e.